The Labute approximate surface area is 75.4 Å². The molecule has 1 rings (SSSR count). The maximum Gasteiger partial charge on any atom is 0.246 e. The van der Waals surface area contributed by atoms with Crippen LogP contribution in [0.3, 0.4) is 0 Å². The predicted molar refractivity (Wildman–Crippen MR) is 45.7 cm³/mol. The third-order valence-electron chi connectivity index (χ3n) is 1.32. The number of nitrogens with zero attached hydrogens (tertiary/aromatic N) is 2. The van der Waals surface area contributed by atoms with E-state index in [-0.39, 0.29) is 17.7 Å². The molecule has 6 heteroatoms. The second kappa shape index (κ2) is 3.88. The Bertz CT molecular complexity index is 251. The smallest absolute Gasteiger partial charge is 0.246 e. The number of rotatable bonds is 3. The molecular formula is C6H11N3O2S. The summed E-state index contributed by atoms with van der Waals surface area (Å²) in [7, 11) is 0. The van der Waals surface area contributed by atoms with Crippen LogP contribution >= 0.6 is 12.6 Å². The Morgan fingerprint density at radius 2 is 2.17 bits per heavy atom. The van der Waals surface area contributed by atoms with Gasteiger partial charge in [0, 0.05) is 6.54 Å². The molecule has 0 aliphatic heterocycles. The van der Waals surface area contributed by atoms with Crippen molar-refractivity contribution >= 4 is 12.6 Å². The summed E-state index contributed by atoms with van der Waals surface area (Å²) in [6.45, 7) is 1.87. The lowest BCUT2D eigenvalue weighted by Gasteiger charge is -1.99. The fraction of sp³-hybridized carbons (Fsp3) is 0.667. The molecule has 0 saturated heterocycles. The van der Waals surface area contributed by atoms with Crippen LogP contribution in [0.1, 0.15) is 30.1 Å². The Hall–Kier alpha value is -0.590. The van der Waals surface area contributed by atoms with Gasteiger partial charge in [-0.05, 0) is 6.92 Å². The topological polar surface area (TPSA) is 85.2 Å². The molecule has 1 aromatic rings. The van der Waals surface area contributed by atoms with E-state index in [0.717, 1.165) is 0 Å². The van der Waals surface area contributed by atoms with E-state index in [1.807, 2.05) is 0 Å². The molecule has 1 heterocycles. The molecule has 0 saturated carbocycles. The summed E-state index contributed by atoms with van der Waals surface area (Å²) in [4.78, 5) is 0. The molecule has 1 unspecified atom stereocenters. The molecular weight excluding hydrogens is 178 g/mol. The van der Waals surface area contributed by atoms with Gasteiger partial charge in [-0.3, -0.25) is 0 Å². The van der Waals surface area contributed by atoms with Crippen LogP contribution in [0.5, 0.6) is 0 Å². The maximum atomic E-state index is 9.18. The van der Waals surface area contributed by atoms with Gasteiger partial charge in [0.2, 0.25) is 11.8 Å². The number of hydrogen-bond acceptors (Lipinski definition) is 6. The highest BCUT2D eigenvalue weighted by Crippen LogP contribution is 2.19. The van der Waals surface area contributed by atoms with Crippen LogP contribution < -0.4 is 5.73 Å². The molecule has 0 aromatic carbocycles. The van der Waals surface area contributed by atoms with Crippen LogP contribution in [-0.4, -0.2) is 21.8 Å². The largest absolute Gasteiger partial charge is 0.421 e. The number of aliphatic hydroxyl groups is 1. The Morgan fingerprint density at radius 3 is 2.58 bits per heavy atom. The van der Waals surface area contributed by atoms with Gasteiger partial charge < -0.3 is 15.3 Å². The van der Waals surface area contributed by atoms with E-state index in [1.54, 1.807) is 6.92 Å². The fourth-order valence-electron chi connectivity index (χ4n) is 0.651. The minimum Gasteiger partial charge on any atom is -0.421 e. The fourth-order valence-corrected chi connectivity index (χ4v) is 0.755. The number of hydrogen-bond donors (Lipinski definition) is 3. The summed E-state index contributed by atoms with van der Waals surface area (Å²) < 4.78 is 5.07. The summed E-state index contributed by atoms with van der Waals surface area (Å²) in [5, 5.41) is 16.3. The first-order chi connectivity index (χ1) is 5.65. The van der Waals surface area contributed by atoms with E-state index in [2.05, 4.69) is 22.8 Å². The Morgan fingerprint density at radius 1 is 1.58 bits per heavy atom. The third kappa shape index (κ3) is 1.96. The Balaban J connectivity index is 2.77. The molecule has 5 nitrogen and oxygen atoms in total. The van der Waals surface area contributed by atoms with Crippen molar-refractivity contribution in [2.75, 3.05) is 6.54 Å². The van der Waals surface area contributed by atoms with Gasteiger partial charge in [-0.15, -0.1) is 10.2 Å². The molecule has 0 aliphatic rings. The van der Waals surface area contributed by atoms with Crippen molar-refractivity contribution in [3.05, 3.63) is 11.8 Å². The first kappa shape index (κ1) is 9.50. The second-order valence-electron chi connectivity index (χ2n) is 2.41. The quantitative estimate of drug-likeness (QED) is 0.585. The predicted octanol–water partition coefficient (Wildman–Crippen LogP) is 0.0525. The lowest BCUT2D eigenvalue weighted by Crippen LogP contribution is -2.11. The summed E-state index contributed by atoms with van der Waals surface area (Å²) in [6.07, 6.45) is -0.877. The monoisotopic (exact) mass is 189 g/mol. The molecule has 0 fully saturated rings. The number of nitrogens with two attached hydrogens (primary N) is 1. The number of thiol groups is 1. The van der Waals surface area contributed by atoms with Crippen LogP contribution in [-0.2, 0) is 0 Å². The highest BCUT2D eigenvalue weighted by atomic mass is 32.1. The van der Waals surface area contributed by atoms with E-state index < -0.39 is 6.10 Å². The maximum absolute atomic E-state index is 9.18. The van der Waals surface area contributed by atoms with E-state index >= 15 is 0 Å². The van der Waals surface area contributed by atoms with Crippen LogP contribution in [0.15, 0.2) is 4.42 Å². The number of aromatic nitrogens is 2. The molecule has 68 valence electrons. The van der Waals surface area contributed by atoms with Crippen molar-refractivity contribution in [3.63, 3.8) is 0 Å². The molecule has 12 heavy (non-hydrogen) atoms. The van der Waals surface area contributed by atoms with Gasteiger partial charge in [0.1, 0.15) is 6.10 Å². The van der Waals surface area contributed by atoms with Crippen molar-refractivity contribution in [2.24, 2.45) is 5.73 Å². The summed E-state index contributed by atoms with van der Waals surface area (Å²) in [5.41, 5.74) is 5.19. The molecule has 1 aromatic heterocycles. The van der Waals surface area contributed by atoms with Crippen LogP contribution in [0.25, 0.3) is 0 Å². The Kier molecular flexibility index (Phi) is 3.07. The van der Waals surface area contributed by atoms with Crippen molar-refractivity contribution in [3.8, 4) is 0 Å². The summed E-state index contributed by atoms with van der Waals surface area (Å²) >= 11 is 4.09. The minimum atomic E-state index is -0.877. The first-order valence-electron chi connectivity index (χ1n) is 3.54. The third-order valence-corrected chi connectivity index (χ3v) is 1.54. The first-order valence-corrected chi connectivity index (χ1v) is 4.06. The van der Waals surface area contributed by atoms with Gasteiger partial charge in [0.05, 0.1) is 5.25 Å². The van der Waals surface area contributed by atoms with E-state index in [9.17, 15) is 5.11 Å². The molecule has 0 amide bonds. The van der Waals surface area contributed by atoms with Gasteiger partial charge >= 0.3 is 0 Å². The summed E-state index contributed by atoms with van der Waals surface area (Å²) in [6, 6.07) is 0. The standard InChI is InChI=1S/C6H11N3O2S/c1-3(12)5-8-9-6(11-5)4(10)2-7/h3-4,10,12H,2,7H2,1H3/t3?,4-/m0/s1. The molecule has 3 N–H and O–H groups in total. The molecule has 2 atom stereocenters. The second-order valence-corrected chi connectivity index (χ2v) is 3.18. The average Bonchev–Trinajstić information content (AvgIpc) is 2.51. The normalized spacial score (nSPS) is 16.0. The SMILES string of the molecule is CC(S)c1nnc([C@@H](O)CN)o1. The molecule has 0 aliphatic carbocycles. The van der Waals surface area contributed by atoms with Gasteiger partial charge in [-0.1, -0.05) is 0 Å². The average molecular weight is 189 g/mol. The number of aliphatic hydroxyl groups excluding tert-OH is 1. The zero-order valence-electron chi connectivity index (χ0n) is 6.64. The molecule has 0 spiro atoms. The van der Waals surface area contributed by atoms with Crippen LogP contribution in [0.2, 0.25) is 0 Å². The van der Waals surface area contributed by atoms with Gasteiger partial charge in [0.25, 0.3) is 0 Å². The highest BCUT2D eigenvalue weighted by molar-refractivity contribution is 7.80. The van der Waals surface area contributed by atoms with Crippen molar-refractivity contribution < 1.29 is 9.52 Å². The van der Waals surface area contributed by atoms with E-state index in [1.165, 1.54) is 0 Å². The highest BCUT2D eigenvalue weighted by Gasteiger charge is 2.15. The van der Waals surface area contributed by atoms with Crippen molar-refractivity contribution in [1.82, 2.24) is 10.2 Å². The molecule has 0 radical (unpaired) electrons. The summed E-state index contributed by atoms with van der Waals surface area (Å²) in [5.74, 6) is 0.536. The van der Waals surface area contributed by atoms with Crippen molar-refractivity contribution in [2.45, 2.75) is 18.3 Å². The van der Waals surface area contributed by atoms with Crippen molar-refractivity contribution in [1.29, 1.82) is 0 Å². The zero-order chi connectivity index (χ0) is 9.14. The van der Waals surface area contributed by atoms with Crippen LogP contribution in [0, 0.1) is 0 Å². The zero-order valence-corrected chi connectivity index (χ0v) is 7.53. The van der Waals surface area contributed by atoms with E-state index in [4.69, 9.17) is 10.2 Å². The van der Waals surface area contributed by atoms with Gasteiger partial charge in [0.15, 0.2) is 0 Å². The lowest BCUT2D eigenvalue weighted by atomic mass is 10.4. The molecule has 0 bridgehead atoms. The lowest BCUT2D eigenvalue weighted by molar-refractivity contribution is 0.149. The van der Waals surface area contributed by atoms with E-state index in [0.29, 0.717) is 5.89 Å². The van der Waals surface area contributed by atoms with Gasteiger partial charge in [-0.25, -0.2) is 0 Å². The minimum absolute atomic E-state index is 0.0720. The van der Waals surface area contributed by atoms with Gasteiger partial charge in [-0.2, -0.15) is 12.6 Å². The van der Waals surface area contributed by atoms with Crippen LogP contribution in [0.4, 0.5) is 0 Å².